The molecule has 0 radical (unpaired) electrons. The van der Waals surface area contributed by atoms with Gasteiger partial charge in [-0.3, -0.25) is 9.69 Å². The minimum atomic E-state index is -0.446. The van der Waals surface area contributed by atoms with Crippen LogP contribution < -0.4 is 5.32 Å². The Morgan fingerprint density at radius 1 is 1.11 bits per heavy atom. The Hall–Kier alpha value is -2.73. The largest absolute Gasteiger partial charge is 0.462 e. The van der Waals surface area contributed by atoms with Gasteiger partial charge < -0.3 is 10.1 Å². The van der Waals surface area contributed by atoms with Crippen molar-refractivity contribution in [2.45, 2.75) is 26.3 Å². The smallest absolute Gasteiger partial charge is 0.340 e. The summed E-state index contributed by atoms with van der Waals surface area (Å²) in [6, 6.07) is 13.6. The number of para-hydroxylation sites is 1. The van der Waals surface area contributed by atoms with Crippen LogP contribution >= 0.6 is 0 Å². The first-order valence-corrected chi connectivity index (χ1v) is 9.61. The Morgan fingerprint density at radius 2 is 1.79 bits per heavy atom. The fraction of sp³-hybridized carbons (Fsp3) is 0.364. The Kier molecular flexibility index (Phi) is 6.76. The van der Waals surface area contributed by atoms with Gasteiger partial charge in [0, 0.05) is 18.0 Å². The predicted molar refractivity (Wildman–Crippen MR) is 105 cm³/mol. The highest BCUT2D eigenvalue weighted by molar-refractivity contribution is 6.01. The average Bonchev–Trinajstić information content (AvgIpc) is 2.71. The van der Waals surface area contributed by atoms with Gasteiger partial charge in [0.25, 0.3) is 0 Å². The van der Waals surface area contributed by atoms with Gasteiger partial charge in [-0.1, -0.05) is 30.3 Å². The first-order valence-electron chi connectivity index (χ1n) is 9.61. The molecule has 0 aromatic heterocycles. The molecule has 0 atom stereocenters. The van der Waals surface area contributed by atoms with Crippen LogP contribution in [0.2, 0.25) is 0 Å². The lowest BCUT2D eigenvalue weighted by Gasteiger charge is -2.31. The molecule has 0 spiro atoms. The molecule has 1 amide bonds. The van der Waals surface area contributed by atoms with E-state index in [1.165, 1.54) is 6.07 Å². The maximum Gasteiger partial charge on any atom is 0.340 e. The van der Waals surface area contributed by atoms with Crippen LogP contribution in [0.15, 0.2) is 48.5 Å². The molecule has 6 heteroatoms. The summed E-state index contributed by atoms with van der Waals surface area (Å²) in [7, 11) is 0. The van der Waals surface area contributed by atoms with Crippen molar-refractivity contribution in [1.82, 2.24) is 4.90 Å². The Bertz CT molecular complexity index is 832. The molecule has 3 rings (SSSR count). The third-order valence-corrected chi connectivity index (χ3v) is 4.99. The SMILES string of the molecule is CCOC(=O)c1ccccc1NC(=O)C1CCN(Cc2ccccc2F)CC1. The fourth-order valence-electron chi connectivity index (χ4n) is 3.43. The Morgan fingerprint density at radius 3 is 2.50 bits per heavy atom. The molecule has 1 saturated heterocycles. The van der Waals surface area contributed by atoms with Crippen molar-refractivity contribution in [2.75, 3.05) is 25.0 Å². The summed E-state index contributed by atoms with van der Waals surface area (Å²) in [5.74, 6) is -0.870. The Balaban J connectivity index is 1.56. The van der Waals surface area contributed by atoms with Gasteiger partial charge in [-0.2, -0.15) is 0 Å². The van der Waals surface area contributed by atoms with Crippen LogP contribution in [0.5, 0.6) is 0 Å². The zero-order chi connectivity index (χ0) is 19.9. The zero-order valence-corrected chi connectivity index (χ0v) is 16.0. The average molecular weight is 384 g/mol. The second kappa shape index (κ2) is 9.46. The van der Waals surface area contributed by atoms with E-state index in [1.54, 1.807) is 43.3 Å². The Labute approximate surface area is 164 Å². The number of esters is 1. The number of nitrogens with one attached hydrogen (secondary N) is 1. The van der Waals surface area contributed by atoms with E-state index in [2.05, 4.69) is 10.2 Å². The molecule has 0 unspecified atom stereocenters. The highest BCUT2D eigenvalue weighted by Gasteiger charge is 2.26. The molecule has 1 fully saturated rings. The van der Waals surface area contributed by atoms with Gasteiger partial charge in [-0.15, -0.1) is 0 Å². The van der Waals surface area contributed by atoms with Gasteiger partial charge >= 0.3 is 5.97 Å². The normalized spacial score (nSPS) is 15.2. The van der Waals surface area contributed by atoms with Crippen molar-refractivity contribution in [2.24, 2.45) is 5.92 Å². The van der Waals surface area contributed by atoms with Crippen LogP contribution in [-0.2, 0) is 16.1 Å². The third-order valence-electron chi connectivity index (χ3n) is 4.99. The number of hydrogen-bond donors (Lipinski definition) is 1. The van der Waals surface area contributed by atoms with E-state index in [9.17, 15) is 14.0 Å². The van der Waals surface area contributed by atoms with Crippen molar-refractivity contribution in [3.8, 4) is 0 Å². The van der Waals surface area contributed by atoms with Crippen LogP contribution in [-0.4, -0.2) is 36.5 Å². The lowest BCUT2D eigenvalue weighted by Crippen LogP contribution is -2.38. The van der Waals surface area contributed by atoms with Crippen LogP contribution in [0.1, 0.15) is 35.7 Å². The van der Waals surface area contributed by atoms with Gasteiger partial charge in [-0.25, -0.2) is 9.18 Å². The van der Waals surface area contributed by atoms with Crippen molar-refractivity contribution in [3.63, 3.8) is 0 Å². The molecular weight excluding hydrogens is 359 g/mol. The molecule has 0 saturated carbocycles. The predicted octanol–water partition coefficient (Wildman–Crippen LogP) is 3.85. The molecular formula is C22H25FN2O3. The van der Waals surface area contributed by atoms with Gasteiger partial charge in [-0.05, 0) is 51.1 Å². The van der Waals surface area contributed by atoms with Gasteiger partial charge in [0.1, 0.15) is 5.82 Å². The van der Waals surface area contributed by atoms with Crippen molar-refractivity contribution in [3.05, 3.63) is 65.5 Å². The molecule has 1 aliphatic heterocycles. The van der Waals surface area contributed by atoms with E-state index in [0.717, 1.165) is 13.1 Å². The van der Waals surface area contributed by atoms with Crippen LogP contribution in [0.3, 0.4) is 0 Å². The number of benzene rings is 2. The second-order valence-corrected chi connectivity index (χ2v) is 6.90. The number of rotatable bonds is 6. The minimum absolute atomic E-state index is 0.0951. The third kappa shape index (κ3) is 4.95. The van der Waals surface area contributed by atoms with Gasteiger partial charge in [0.05, 0.1) is 17.9 Å². The number of nitrogens with zero attached hydrogens (tertiary/aromatic N) is 1. The lowest BCUT2D eigenvalue weighted by atomic mass is 9.95. The summed E-state index contributed by atoms with van der Waals surface area (Å²) in [5, 5.41) is 2.87. The zero-order valence-electron chi connectivity index (χ0n) is 16.0. The number of anilines is 1. The quantitative estimate of drug-likeness (QED) is 0.769. The number of amides is 1. The lowest BCUT2D eigenvalue weighted by molar-refractivity contribution is -0.121. The molecule has 148 valence electrons. The minimum Gasteiger partial charge on any atom is -0.462 e. The van der Waals surface area contributed by atoms with Crippen molar-refractivity contribution < 1.29 is 18.7 Å². The molecule has 0 bridgehead atoms. The molecule has 28 heavy (non-hydrogen) atoms. The van der Waals surface area contributed by atoms with Crippen molar-refractivity contribution >= 4 is 17.6 Å². The number of halogens is 1. The molecule has 2 aromatic rings. The van der Waals surface area contributed by atoms with Gasteiger partial charge in [0.2, 0.25) is 5.91 Å². The molecule has 2 aromatic carbocycles. The number of carbonyl (C=O) groups excluding carboxylic acids is 2. The number of carbonyl (C=O) groups is 2. The number of ether oxygens (including phenoxy) is 1. The van der Waals surface area contributed by atoms with E-state index >= 15 is 0 Å². The summed E-state index contributed by atoms with van der Waals surface area (Å²) in [5.41, 5.74) is 1.50. The number of hydrogen-bond acceptors (Lipinski definition) is 4. The summed E-state index contributed by atoms with van der Waals surface area (Å²) in [4.78, 5) is 26.9. The maximum absolute atomic E-state index is 13.8. The highest BCUT2D eigenvalue weighted by atomic mass is 19.1. The second-order valence-electron chi connectivity index (χ2n) is 6.90. The summed E-state index contributed by atoms with van der Waals surface area (Å²) in [6.07, 6.45) is 1.39. The number of likely N-dealkylation sites (tertiary alicyclic amines) is 1. The summed E-state index contributed by atoms with van der Waals surface area (Å²) >= 11 is 0. The molecule has 1 aliphatic rings. The maximum atomic E-state index is 13.8. The van der Waals surface area contributed by atoms with Crippen LogP contribution in [0, 0.1) is 11.7 Å². The van der Waals surface area contributed by atoms with E-state index < -0.39 is 5.97 Å². The van der Waals surface area contributed by atoms with E-state index in [1.807, 2.05) is 6.07 Å². The molecule has 5 nitrogen and oxygen atoms in total. The van der Waals surface area contributed by atoms with E-state index in [-0.39, 0.29) is 24.2 Å². The summed E-state index contributed by atoms with van der Waals surface area (Å²) < 4.78 is 18.9. The summed E-state index contributed by atoms with van der Waals surface area (Å²) in [6.45, 7) is 4.03. The highest BCUT2D eigenvalue weighted by Crippen LogP contribution is 2.23. The monoisotopic (exact) mass is 384 g/mol. The molecule has 1 N–H and O–H groups in total. The van der Waals surface area contributed by atoms with Crippen LogP contribution in [0.25, 0.3) is 0 Å². The van der Waals surface area contributed by atoms with Gasteiger partial charge in [0.15, 0.2) is 0 Å². The van der Waals surface area contributed by atoms with E-state index in [0.29, 0.717) is 36.2 Å². The number of piperidine rings is 1. The van der Waals surface area contributed by atoms with Crippen molar-refractivity contribution in [1.29, 1.82) is 0 Å². The topological polar surface area (TPSA) is 58.6 Å². The fourth-order valence-corrected chi connectivity index (χ4v) is 3.43. The molecule has 0 aliphatic carbocycles. The van der Waals surface area contributed by atoms with Crippen LogP contribution in [0.4, 0.5) is 10.1 Å². The van der Waals surface area contributed by atoms with E-state index in [4.69, 9.17) is 4.74 Å². The first kappa shape index (κ1) is 20.0. The molecule has 1 heterocycles. The standard InChI is InChI=1S/C22H25FN2O3/c1-2-28-22(27)18-8-4-6-10-20(18)24-21(26)16-11-13-25(14-12-16)15-17-7-3-5-9-19(17)23/h3-10,16H,2,11-15H2,1H3,(H,24,26). The first-order chi connectivity index (χ1) is 13.6.